The van der Waals surface area contributed by atoms with E-state index in [1.807, 2.05) is 6.92 Å². The molecule has 2 saturated heterocycles. The van der Waals surface area contributed by atoms with E-state index >= 15 is 0 Å². The van der Waals surface area contributed by atoms with E-state index in [-0.39, 0.29) is 24.0 Å². The molecule has 2 aliphatic rings. The predicted octanol–water partition coefficient (Wildman–Crippen LogP) is 3.54. The lowest BCUT2D eigenvalue weighted by Crippen LogP contribution is -2.42. The van der Waals surface area contributed by atoms with Gasteiger partial charge in [0.05, 0.1) is 11.5 Å². The number of nitrogens with zero attached hydrogens (tertiary/aromatic N) is 2. The Balaban J connectivity index is 1.72. The number of thioether (sulfide) groups is 1. The maximum Gasteiger partial charge on any atom is 0.294 e. The summed E-state index contributed by atoms with van der Waals surface area (Å²) < 4.78 is 11.1. The maximum atomic E-state index is 12.8. The van der Waals surface area contributed by atoms with Crippen molar-refractivity contribution in [1.82, 2.24) is 9.80 Å². The van der Waals surface area contributed by atoms with Crippen molar-refractivity contribution in [3.63, 3.8) is 0 Å². The molecule has 8 heteroatoms. The van der Waals surface area contributed by atoms with Gasteiger partial charge >= 0.3 is 0 Å². The Hall–Kier alpha value is -2.92. The zero-order valence-corrected chi connectivity index (χ0v) is 18.4. The van der Waals surface area contributed by atoms with Crippen molar-refractivity contribution in [3.8, 4) is 23.8 Å². The van der Waals surface area contributed by atoms with Gasteiger partial charge in [-0.1, -0.05) is 24.8 Å². The third-order valence-electron chi connectivity index (χ3n) is 5.00. The zero-order chi connectivity index (χ0) is 22.2. The molecule has 1 aromatic rings. The smallest absolute Gasteiger partial charge is 0.294 e. The number of hydrogen-bond donors (Lipinski definition) is 0. The Labute approximate surface area is 186 Å². The quantitative estimate of drug-likeness (QED) is 0.475. The summed E-state index contributed by atoms with van der Waals surface area (Å²) in [4.78, 5) is 40.9. The van der Waals surface area contributed by atoms with Crippen molar-refractivity contribution < 1.29 is 23.9 Å². The first-order valence-corrected chi connectivity index (χ1v) is 11.2. The topological polar surface area (TPSA) is 76.2 Å². The fourth-order valence-corrected chi connectivity index (χ4v) is 4.30. The molecule has 3 rings (SSSR count). The number of carbonyl (C=O) groups excluding carboxylic acids is 3. The first-order chi connectivity index (χ1) is 15.0. The fraction of sp³-hybridized carbons (Fsp3) is 0.435. The highest BCUT2D eigenvalue weighted by molar-refractivity contribution is 8.18. The molecule has 2 fully saturated rings. The molecule has 164 valence electrons. The molecule has 0 aliphatic carbocycles. The highest BCUT2D eigenvalue weighted by Crippen LogP contribution is 2.34. The van der Waals surface area contributed by atoms with Crippen LogP contribution in [0.4, 0.5) is 4.79 Å². The number of hydrogen-bond acceptors (Lipinski definition) is 6. The minimum atomic E-state index is -0.455. The van der Waals surface area contributed by atoms with Crippen LogP contribution in [0.2, 0.25) is 0 Å². The van der Waals surface area contributed by atoms with E-state index < -0.39 is 11.1 Å². The Kier molecular flexibility index (Phi) is 8.01. The van der Waals surface area contributed by atoms with Gasteiger partial charge in [0.1, 0.15) is 13.2 Å². The van der Waals surface area contributed by atoms with E-state index in [0.717, 1.165) is 42.3 Å². The molecule has 0 aromatic heterocycles. The Bertz CT molecular complexity index is 913. The molecule has 0 atom stereocenters. The molecule has 2 aliphatic heterocycles. The highest BCUT2D eigenvalue weighted by Gasteiger charge is 2.37. The molecule has 0 spiro atoms. The average molecular weight is 443 g/mol. The van der Waals surface area contributed by atoms with Crippen LogP contribution < -0.4 is 9.47 Å². The van der Waals surface area contributed by atoms with Crippen LogP contribution in [0.15, 0.2) is 23.1 Å². The van der Waals surface area contributed by atoms with Crippen molar-refractivity contribution >= 4 is 34.9 Å². The standard InChI is InChI=1S/C23H26N2O5S/c1-3-13-30-18-10-9-17(14-19(18)29-4-2)15-20-22(27)25(23(28)31-20)16-21(26)24-11-7-5-6-8-12-24/h1,9-10,14-15H,4-8,11-13,16H2,2H3/b20-15-. The number of benzene rings is 1. The van der Waals surface area contributed by atoms with Gasteiger partial charge in [-0.2, -0.15) is 0 Å². The number of amides is 3. The van der Waals surface area contributed by atoms with E-state index in [2.05, 4.69) is 5.92 Å². The van der Waals surface area contributed by atoms with Gasteiger partial charge in [-0.05, 0) is 55.3 Å². The van der Waals surface area contributed by atoms with Gasteiger partial charge in [0.15, 0.2) is 11.5 Å². The zero-order valence-electron chi connectivity index (χ0n) is 17.6. The summed E-state index contributed by atoms with van der Waals surface area (Å²) in [6.45, 7) is 3.54. The van der Waals surface area contributed by atoms with E-state index in [0.29, 0.717) is 36.8 Å². The molecule has 3 amide bonds. The van der Waals surface area contributed by atoms with Gasteiger partial charge in [0.2, 0.25) is 5.91 Å². The van der Waals surface area contributed by atoms with Crippen LogP contribution >= 0.6 is 11.8 Å². The molecule has 0 saturated carbocycles. The lowest BCUT2D eigenvalue weighted by atomic mass is 10.2. The summed E-state index contributed by atoms with van der Waals surface area (Å²) in [6, 6.07) is 5.19. The van der Waals surface area contributed by atoms with Gasteiger partial charge in [0, 0.05) is 13.1 Å². The van der Waals surface area contributed by atoms with Gasteiger partial charge in [-0.3, -0.25) is 19.3 Å². The normalized spacial score (nSPS) is 18.1. The SMILES string of the molecule is C#CCOc1ccc(/C=C2\SC(=O)N(CC(=O)N3CCCCCC3)C2=O)cc1OCC. The summed E-state index contributed by atoms with van der Waals surface area (Å²) in [6.07, 6.45) is 11.0. The summed E-state index contributed by atoms with van der Waals surface area (Å²) >= 11 is 0.836. The van der Waals surface area contributed by atoms with Crippen LogP contribution in [0.5, 0.6) is 11.5 Å². The molecule has 31 heavy (non-hydrogen) atoms. The first kappa shape index (κ1) is 22.8. The van der Waals surface area contributed by atoms with Gasteiger partial charge in [-0.15, -0.1) is 6.42 Å². The van der Waals surface area contributed by atoms with E-state index in [1.54, 1.807) is 29.2 Å². The maximum absolute atomic E-state index is 12.8. The lowest BCUT2D eigenvalue weighted by molar-refractivity contribution is -0.135. The molecule has 7 nitrogen and oxygen atoms in total. The fourth-order valence-electron chi connectivity index (χ4n) is 3.46. The van der Waals surface area contributed by atoms with E-state index in [9.17, 15) is 14.4 Å². The summed E-state index contributed by atoms with van der Waals surface area (Å²) in [7, 11) is 0. The van der Waals surface area contributed by atoms with E-state index in [1.165, 1.54) is 0 Å². The minimum absolute atomic E-state index is 0.114. The molecular formula is C23H26N2O5S. The van der Waals surface area contributed by atoms with Crippen molar-refractivity contribution in [2.75, 3.05) is 32.8 Å². The van der Waals surface area contributed by atoms with Crippen molar-refractivity contribution in [2.45, 2.75) is 32.6 Å². The Morgan fingerprint density at radius 1 is 1.16 bits per heavy atom. The Morgan fingerprint density at radius 2 is 1.90 bits per heavy atom. The second kappa shape index (κ2) is 10.9. The van der Waals surface area contributed by atoms with Gasteiger partial charge in [-0.25, -0.2) is 0 Å². The molecule has 0 unspecified atom stereocenters. The van der Waals surface area contributed by atoms with E-state index in [4.69, 9.17) is 15.9 Å². The van der Waals surface area contributed by atoms with Gasteiger partial charge < -0.3 is 14.4 Å². The Morgan fingerprint density at radius 3 is 2.58 bits per heavy atom. The average Bonchev–Trinajstić information content (AvgIpc) is 2.96. The number of likely N-dealkylation sites (tertiary alicyclic amines) is 1. The molecule has 0 bridgehead atoms. The third-order valence-corrected chi connectivity index (χ3v) is 5.91. The number of imide groups is 1. The largest absolute Gasteiger partial charge is 0.490 e. The lowest BCUT2D eigenvalue weighted by Gasteiger charge is -2.22. The molecular weight excluding hydrogens is 416 g/mol. The van der Waals surface area contributed by atoms with Crippen LogP contribution in [0.25, 0.3) is 6.08 Å². The summed E-state index contributed by atoms with van der Waals surface area (Å²) in [5.41, 5.74) is 0.681. The van der Waals surface area contributed by atoms with Crippen LogP contribution in [-0.4, -0.2) is 59.7 Å². The summed E-state index contributed by atoms with van der Waals surface area (Å²) in [5.74, 6) is 2.78. The van der Waals surface area contributed by atoms with Gasteiger partial charge in [0.25, 0.3) is 11.1 Å². The second-order valence-corrected chi connectivity index (χ2v) is 8.19. The number of terminal acetylenes is 1. The van der Waals surface area contributed by atoms with Crippen LogP contribution in [-0.2, 0) is 9.59 Å². The van der Waals surface area contributed by atoms with Crippen molar-refractivity contribution in [2.24, 2.45) is 0 Å². The van der Waals surface area contributed by atoms with Crippen LogP contribution in [0, 0.1) is 12.3 Å². The third kappa shape index (κ3) is 5.82. The molecule has 2 heterocycles. The molecule has 0 N–H and O–H groups in total. The first-order valence-electron chi connectivity index (χ1n) is 10.4. The van der Waals surface area contributed by atoms with Crippen LogP contribution in [0.3, 0.4) is 0 Å². The number of ether oxygens (including phenoxy) is 2. The van der Waals surface area contributed by atoms with Crippen molar-refractivity contribution in [3.05, 3.63) is 28.7 Å². The van der Waals surface area contributed by atoms with Crippen molar-refractivity contribution in [1.29, 1.82) is 0 Å². The second-order valence-electron chi connectivity index (χ2n) is 7.19. The molecule has 1 aromatic carbocycles. The number of rotatable bonds is 7. The van der Waals surface area contributed by atoms with Crippen LogP contribution in [0.1, 0.15) is 38.2 Å². The molecule has 0 radical (unpaired) electrons. The predicted molar refractivity (Wildman–Crippen MR) is 120 cm³/mol. The monoisotopic (exact) mass is 442 g/mol. The highest BCUT2D eigenvalue weighted by atomic mass is 32.2. The minimum Gasteiger partial charge on any atom is -0.490 e. The summed E-state index contributed by atoms with van der Waals surface area (Å²) in [5, 5.41) is -0.432. The number of carbonyl (C=O) groups is 3.